The van der Waals surface area contributed by atoms with E-state index in [2.05, 4.69) is 9.97 Å². The first-order chi connectivity index (χ1) is 27.8. The number of hydrogen-bond acceptors (Lipinski definition) is 16. The van der Waals surface area contributed by atoms with Crippen LogP contribution in [0.3, 0.4) is 0 Å². The van der Waals surface area contributed by atoms with Crippen molar-refractivity contribution in [2.24, 2.45) is 0 Å². The molecular formula is C36H62N6O14P2. The van der Waals surface area contributed by atoms with Crippen molar-refractivity contribution >= 4 is 27.3 Å². The van der Waals surface area contributed by atoms with Gasteiger partial charge in [-0.3, -0.25) is 27.2 Å². The predicted molar refractivity (Wildman–Crippen MR) is 212 cm³/mol. The third kappa shape index (κ3) is 16.5. The molecule has 20 nitrogen and oxygen atoms in total. The highest BCUT2D eigenvalue weighted by molar-refractivity contribution is 7.47. The first-order valence-electron chi connectivity index (χ1n) is 20.3. The average molecular weight is 865 g/mol. The predicted octanol–water partition coefficient (Wildman–Crippen LogP) is 4.47. The van der Waals surface area contributed by atoms with Crippen molar-refractivity contribution in [3.05, 3.63) is 45.5 Å². The van der Waals surface area contributed by atoms with Gasteiger partial charge in [-0.2, -0.15) is 9.97 Å². The molecule has 8 atom stereocenters. The fourth-order valence-electron chi connectivity index (χ4n) is 7.02. The number of rotatable bonds is 29. The molecule has 0 aromatic carbocycles. The lowest BCUT2D eigenvalue weighted by atomic mass is 10.0. The maximum Gasteiger partial charge on any atom is 0.472 e. The molecule has 0 aliphatic carbocycles. The Hall–Kier alpha value is -2.58. The van der Waals surface area contributed by atoms with Gasteiger partial charge in [0, 0.05) is 25.2 Å². The highest BCUT2D eigenvalue weighted by atomic mass is 31.2. The summed E-state index contributed by atoms with van der Waals surface area (Å²) < 4.78 is 59.7. The standard InChI is InChI=1S/C36H62N6O14P2/c37-31-17-19-41(35(45)39-31)33-23-27(29(25-43)53-33)55-57(47,48)51-21-15-13-11-9-7-5-3-1-2-4-6-8-10-12-14-16-22-52-58(49,50)56-28-24-34(54-30(28)26-44)42-20-18-32(38)40-36(42)46/h17-20,27-30,33-34,43-44H,1-16,21-26H2,(H,47,48)(H,49,50)(H2,37,39,45)(H2,38,40,46). The quantitative estimate of drug-likeness (QED) is 0.0486. The second-order valence-electron chi connectivity index (χ2n) is 14.7. The molecule has 22 heteroatoms. The molecule has 0 radical (unpaired) electrons. The summed E-state index contributed by atoms with van der Waals surface area (Å²) in [4.78, 5) is 52.0. The monoisotopic (exact) mass is 864 g/mol. The van der Waals surface area contributed by atoms with E-state index >= 15 is 0 Å². The van der Waals surface area contributed by atoms with Crippen molar-refractivity contribution in [2.75, 3.05) is 37.9 Å². The number of aromatic nitrogens is 4. The van der Waals surface area contributed by atoms with E-state index < -0.39 is 77.1 Å². The van der Waals surface area contributed by atoms with Crippen LogP contribution in [0.5, 0.6) is 0 Å². The zero-order chi connectivity index (χ0) is 42.0. The lowest BCUT2D eigenvalue weighted by Crippen LogP contribution is -2.28. The Bertz CT molecular complexity index is 1610. The van der Waals surface area contributed by atoms with Crippen LogP contribution in [-0.4, -0.2) is 89.9 Å². The Morgan fingerprint density at radius 1 is 0.603 bits per heavy atom. The lowest BCUT2D eigenvalue weighted by molar-refractivity contribution is -0.0463. The van der Waals surface area contributed by atoms with E-state index in [-0.39, 0.29) is 37.7 Å². The van der Waals surface area contributed by atoms with E-state index in [0.29, 0.717) is 12.8 Å². The van der Waals surface area contributed by atoms with Crippen LogP contribution in [0.1, 0.15) is 128 Å². The van der Waals surface area contributed by atoms with E-state index in [1.165, 1.54) is 72.2 Å². The molecule has 4 heterocycles. The van der Waals surface area contributed by atoms with Gasteiger partial charge in [-0.05, 0) is 25.0 Å². The average Bonchev–Trinajstić information content (AvgIpc) is 3.76. The Morgan fingerprint density at radius 2 is 0.914 bits per heavy atom. The fraction of sp³-hybridized carbons (Fsp3) is 0.778. The molecule has 2 aromatic heterocycles. The molecule has 2 aliphatic rings. The summed E-state index contributed by atoms with van der Waals surface area (Å²) >= 11 is 0. The zero-order valence-electron chi connectivity index (χ0n) is 33.0. The molecule has 0 bridgehead atoms. The minimum absolute atomic E-state index is 0.0502. The van der Waals surface area contributed by atoms with Crippen molar-refractivity contribution in [1.82, 2.24) is 19.1 Å². The van der Waals surface area contributed by atoms with Crippen molar-refractivity contribution in [2.45, 2.75) is 152 Å². The second kappa shape index (κ2) is 24.6. The molecular weight excluding hydrogens is 802 g/mol. The number of aliphatic hydroxyl groups excluding tert-OH is 2. The van der Waals surface area contributed by atoms with E-state index in [9.17, 15) is 38.7 Å². The molecule has 2 aromatic rings. The molecule has 0 saturated carbocycles. The van der Waals surface area contributed by atoms with E-state index in [1.807, 2.05) is 0 Å². The Morgan fingerprint density at radius 3 is 1.21 bits per heavy atom. The first-order valence-corrected chi connectivity index (χ1v) is 23.3. The highest BCUT2D eigenvalue weighted by Gasteiger charge is 2.43. The fourth-order valence-corrected chi connectivity index (χ4v) is 8.99. The van der Waals surface area contributed by atoms with Crippen LogP contribution in [0.25, 0.3) is 0 Å². The molecule has 2 aliphatic heterocycles. The number of nitrogens with two attached hydrogens (primary N) is 2. The summed E-state index contributed by atoms with van der Waals surface area (Å²) in [5.41, 5.74) is 9.78. The van der Waals surface area contributed by atoms with Gasteiger partial charge < -0.3 is 40.9 Å². The summed E-state index contributed by atoms with van der Waals surface area (Å²) in [6.07, 6.45) is 14.1. The van der Waals surface area contributed by atoms with Gasteiger partial charge in [0.05, 0.1) is 26.4 Å². The van der Waals surface area contributed by atoms with Crippen molar-refractivity contribution < 1.29 is 56.7 Å². The summed E-state index contributed by atoms with van der Waals surface area (Å²) in [5, 5.41) is 19.3. The lowest BCUT2D eigenvalue weighted by Gasteiger charge is -2.19. The number of unbranched alkanes of at least 4 members (excludes halogenated alkanes) is 15. The smallest absolute Gasteiger partial charge is 0.394 e. The summed E-state index contributed by atoms with van der Waals surface area (Å²) in [6.45, 7) is -0.805. The highest BCUT2D eigenvalue weighted by Crippen LogP contribution is 2.49. The van der Waals surface area contributed by atoms with Gasteiger partial charge in [0.15, 0.2) is 0 Å². The molecule has 0 amide bonds. The normalized spacial score (nSPS) is 24.2. The summed E-state index contributed by atoms with van der Waals surface area (Å²) in [6, 6.07) is 2.86. The number of phosphoric acid groups is 2. The van der Waals surface area contributed by atoms with Crippen LogP contribution < -0.4 is 22.8 Å². The van der Waals surface area contributed by atoms with Crippen LogP contribution >= 0.6 is 15.6 Å². The molecule has 58 heavy (non-hydrogen) atoms. The number of nitrogen functional groups attached to an aromatic ring is 2. The van der Waals surface area contributed by atoms with Gasteiger partial charge in [-0.25, -0.2) is 18.7 Å². The maximum atomic E-state index is 12.5. The molecule has 330 valence electrons. The second-order valence-corrected chi connectivity index (χ2v) is 17.5. The summed E-state index contributed by atoms with van der Waals surface area (Å²) in [5.74, 6) is 0.116. The Kier molecular flexibility index (Phi) is 20.4. The number of hydrogen-bond donors (Lipinski definition) is 6. The minimum atomic E-state index is -4.40. The van der Waals surface area contributed by atoms with Crippen LogP contribution in [0.4, 0.5) is 11.6 Å². The van der Waals surface area contributed by atoms with Crippen LogP contribution in [-0.2, 0) is 36.7 Å². The van der Waals surface area contributed by atoms with Crippen LogP contribution in [0.15, 0.2) is 34.1 Å². The van der Waals surface area contributed by atoms with Gasteiger partial charge in [0.25, 0.3) is 0 Å². The first kappa shape index (κ1) is 48.1. The Labute approximate surface area is 338 Å². The SMILES string of the molecule is Nc1ccn(C2CC(OP(=O)(O)OCCCCCCCCCCCCCCCCCCOP(=O)(O)OC3CC(n4ccc(N)nc4=O)OC3CO)C(CO)O2)c(=O)n1. The molecule has 8 unspecified atom stereocenters. The van der Waals surface area contributed by atoms with Crippen molar-refractivity contribution in [3.63, 3.8) is 0 Å². The molecule has 8 N–H and O–H groups in total. The van der Waals surface area contributed by atoms with Gasteiger partial charge in [0.1, 0.15) is 48.5 Å². The minimum Gasteiger partial charge on any atom is -0.394 e. The van der Waals surface area contributed by atoms with Gasteiger partial charge in [-0.15, -0.1) is 0 Å². The van der Waals surface area contributed by atoms with Gasteiger partial charge >= 0.3 is 27.0 Å². The zero-order valence-corrected chi connectivity index (χ0v) is 34.8. The van der Waals surface area contributed by atoms with Crippen LogP contribution in [0.2, 0.25) is 0 Å². The molecule has 4 rings (SSSR count). The number of ether oxygens (including phenoxy) is 2. The van der Waals surface area contributed by atoms with Crippen molar-refractivity contribution in [3.8, 4) is 0 Å². The van der Waals surface area contributed by atoms with E-state index in [4.69, 9.17) is 39.0 Å². The third-order valence-electron chi connectivity index (χ3n) is 10.1. The van der Waals surface area contributed by atoms with E-state index in [1.54, 1.807) is 0 Å². The number of anilines is 2. The maximum absolute atomic E-state index is 12.5. The van der Waals surface area contributed by atoms with Gasteiger partial charge in [-0.1, -0.05) is 89.9 Å². The Balaban J connectivity index is 0.914. The van der Waals surface area contributed by atoms with Gasteiger partial charge in [0.2, 0.25) is 0 Å². The van der Waals surface area contributed by atoms with E-state index in [0.717, 1.165) is 51.4 Å². The largest absolute Gasteiger partial charge is 0.472 e. The number of aliphatic hydroxyl groups is 2. The van der Waals surface area contributed by atoms with Crippen molar-refractivity contribution in [1.29, 1.82) is 0 Å². The number of phosphoric ester groups is 2. The number of nitrogens with zero attached hydrogens (tertiary/aromatic N) is 4. The van der Waals surface area contributed by atoms with Crippen LogP contribution in [0, 0.1) is 0 Å². The molecule has 2 fully saturated rings. The third-order valence-corrected chi connectivity index (χ3v) is 12.2. The molecule has 0 spiro atoms. The summed E-state index contributed by atoms with van der Waals surface area (Å²) in [7, 11) is -8.80. The topological polar surface area (TPSA) is 292 Å². The molecule has 2 saturated heterocycles.